The van der Waals surface area contributed by atoms with Crippen LogP contribution in [0.4, 0.5) is 4.79 Å². The quantitative estimate of drug-likeness (QED) is 0.583. The minimum absolute atomic E-state index is 0.222. The number of amides is 1. The van der Waals surface area contributed by atoms with Gasteiger partial charge in [-0.3, -0.25) is 4.79 Å². The van der Waals surface area contributed by atoms with Gasteiger partial charge >= 0.3 is 12.1 Å². The molecule has 0 saturated carbocycles. The molecule has 0 aliphatic heterocycles. The summed E-state index contributed by atoms with van der Waals surface area (Å²) in [5, 5.41) is 0. The Labute approximate surface area is 178 Å². The fourth-order valence-electron chi connectivity index (χ4n) is 2.79. The molecule has 1 atom stereocenters. The lowest BCUT2D eigenvalue weighted by Crippen LogP contribution is -2.35. The third kappa shape index (κ3) is 7.78. The second kappa shape index (κ2) is 10.7. The first-order chi connectivity index (χ1) is 14.2. The van der Waals surface area contributed by atoms with Crippen LogP contribution in [0.2, 0.25) is 0 Å². The highest BCUT2D eigenvalue weighted by molar-refractivity contribution is 5.72. The van der Waals surface area contributed by atoms with Crippen LogP contribution in [0.15, 0.2) is 54.6 Å². The Hall–Kier alpha value is -3.02. The van der Waals surface area contributed by atoms with E-state index in [1.165, 1.54) is 7.11 Å². The lowest BCUT2D eigenvalue weighted by molar-refractivity contribution is -0.139. The number of hydrogen-bond donors (Lipinski definition) is 0. The van der Waals surface area contributed by atoms with Gasteiger partial charge in [0.05, 0.1) is 13.5 Å². The Balaban J connectivity index is 2.05. The molecule has 0 bridgehead atoms. The van der Waals surface area contributed by atoms with E-state index >= 15 is 0 Å². The van der Waals surface area contributed by atoms with Gasteiger partial charge in [0.1, 0.15) is 17.5 Å². The van der Waals surface area contributed by atoms with Crippen LogP contribution in [0.1, 0.15) is 44.4 Å². The van der Waals surface area contributed by atoms with Gasteiger partial charge in [0, 0.05) is 20.0 Å². The van der Waals surface area contributed by atoms with Gasteiger partial charge in [-0.25, -0.2) is 4.79 Å². The second-order valence-electron chi connectivity index (χ2n) is 8.10. The van der Waals surface area contributed by atoms with Crippen LogP contribution in [0.25, 0.3) is 0 Å². The summed E-state index contributed by atoms with van der Waals surface area (Å²) in [5.41, 5.74) is 1.34. The third-order valence-corrected chi connectivity index (χ3v) is 4.38. The van der Waals surface area contributed by atoms with Crippen molar-refractivity contribution in [1.82, 2.24) is 4.90 Å². The summed E-state index contributed by atoms with van der Waals surface area (Å²) in [5.74, 6) is 0.411. The maximum Gasteiger partial charge on any atom is 0.410 e. The maximum absolute atomic E-state index is 12.2. The molecule has 2 aromatic rings. The largest absolute Gasteiger partial charge is 0.486 e. The zero-order valence-electron chi connectivity index (χ0n) is 18.4. The predicted molar refractivity (Wildman–Crippen MR) is 115 cm³/mol. The molecule has 0 heterocycles. The van der Waals surface area contributed by atoms with Crippen LogP contribution in [0.5, 0.6) is 5.75 Å². The monoisotopic (exact) mass is 413 g/mol. The zero-order chi connectivity index (χ0) is 22.1. The van der Waals surface area contributed by atoms with Crippen LogP contribution in [0.3, 0.4) is 0 Å². The van der Waals surface area contributed by atoms with Crippen molar-refractivity contribution in [2.45, 2.75) is 45.3 Å². The van der Waals surface area contributed by atoms with Crippen molar-refractivity contribution in [2.75, 3.05) is 20.7 Å². The van der Waals surface area contributed by atoms with Crippen molar-refractivity contribution in [1.29, 1.82) is 0 Å². The molecular formula is C24H31NO5. The molecule has 0 N–H and O–H groups in total. The fourth-order valence-corrected chi connectivity index (χ4v) is 2.79. The number of esters is 1. The van der Waals surface area contributed by atoms with Crippen LogP contribution in [0, 0.1) is 0 Å². The molecule has 2 rings (SSSR count). The zero-order valence-corrected chi connectivity index (χ0v) is 18.4. The normalized spacial score (nSPS) is 12.0. The molecule has 2 aromatic carbocycles. The van der Waals surface area contributed by atoms with Crippen LogP contribution >= 0.6 is 0 Å². The highest BCUT2D eigenvalue weighted by Crippen LogP contribution is 2.26. The molecule has 1 unspecified atom stereocenters. The summed E-state index contributed by atoms with van der Waals surface area (Å²) in [6.07, 6.45) is 0.229. The van der Waals surface area contributed by atoms with Crippen molar-refractivity contribution in [2.24, 2.45) is 0 Å². The van der Waals surface area contributed by atoms with Crippen molar-refractivity contribution >= 4 is 12.1 Å². The summed E-state index contributed by atoms with van der Waals surface area (Å²) in [6.45, 7) is 6.02. The lowest BCUT2D eigenvalue weighted by atomic mass is 10.1. The average molecular weight is 414 g/mol. The van der Waals surface area contributed by atoms with Gasteiger partial charge in [-0.15, -0.1) is 0 Å². The first-order valence-corrected chi connectivity index (χ1v) is 9.99. The number of hydrogen-bond acceptors (Lipinski definition) is 5. The van der Waals surface area contributed by atoms with Gasteiger partial charge in [0.15, 0.2) is 0 Å². The van der Waals surface area contributed by atoms with E-state index in [9.17, 15) is 9.59 Å². The van der Waals surface area contributed by atoms with E-state index in [0.717, 1.165) is 11.1 Å². The first-order valence-electron chi connectivity index (χ1n) is 9.99. The van der Waals surface area contributed by atoms with E-state index in [-0.39, 0.29) is 24.6 Å². The van der Waals surface area contributed by atoms with Gasteiger partial charge < -0.3 is 19.1 Å². The van der Waals surface area contributed by atoms with Gasteiger partial charge in [0.25, 0.3) is 0 Å². The Kier molecular flexibility index (Phi) is 8.27. The minimum Gasteiger partial charge on any atom is -0.486 e. The number of nitrogens with zero attached hydrogens (tertiary/aromatic N) is 1. The molecule has 0 saturated heterocycles. The number of benzene rings is 2. The Morgan fingerprint density at radius 1 is 1.00 bits per heavy atom. The van der Waals surface area contributed by atoms with Crippen molar-refractivity contribution in [3.63, 3.8) is 0 Å². The van der Waals surface area contributed by atoms with E-state index in [1.54, 1.807) is 11.9 Å². The number of rotatable bonds is 8. The highest BCUT2D eigenvalue weighted by Gasteiger charge is 2.21. The standard InChI is InChI=1S/C24H31NO5/c1-24(2,3)30-23(27)25(4)16-15-21(19-9-7-6-8-10-19)29-20-13-11-18(12-14-20)17-22(26)28-5/h6-14,21H,15-17H2,1-5H3. The van der Waals surface area contributed by atoms with Crippen LogP contribution < -0.4 is 4.74 Å². The fraction of sp³-hybridized carbons (Fsp3) is 0.417. The Morgan fingerprint density at radius 2 is 1.63 bits per heavy atom. The molecular weight excluding hydrogens is 382 g/mol. The van der Waals surface area contributed by atoms with Crippen molar-refractivity contribution in [3.8, 4) is 5.75 Å². The van der Waals surface area contributed by atoms with Gasteiger partial charge in [-0.05, 0) is 44.0 Å². The van der Waals surface area contributed by atoms with E-state index < -0.39 is 5.60 Å². The third-order valence-electron chi connectivity index (χ3n) is 4.38. The molecule has 6 heteroatoms. The maximum atomic E-state index is 12.2. The number of carbonyl (C=O) groups is 2. The highest BCUT2D eigenvalue weighted by atomic mass is 16.6. The van der Waals surface area contributed by atoms with E-state index in [1.807, 2.05) is 75.4 Å². The molecule has 0 radical (unpaired) electrons. The predicted octanol–water partition coefficient (Wildman–Crippen LogP) is 4.78. The van der Waals surface area contributed by atoms with Gasteiger partial charge in [-0.2, -0.15) is 0 Å². The molecule has 162 valence electrons. The molecule has 30 heavy (non-hydrogen) atoms. The van der Waals surface area contributed by atoms with E-state index in [0.29, 0.717) is 18.7 Å². The summed E-state index contributed by atoms with van der Waals surface area (Å²) in [7, 11) is 3.09. The molecule has 0 spiro atoms. The molecule has 1 amide bonds. The van der Waals surface area contributed by atoms with Crippen molar-refractivity contribution < 1.29 is 23.8 Å². The first kappa shape index (κ1) is 23.3. The van der Waals surface area contributed by atoms with Crippen molar-refractivity contribution in [3.05, 3.63) is 65.7 Å². The number of methoxy groups -OCH3 is 1. The summed E-state index contributed by atoms with van der Waals surface area (Å²) < 4.78 is 16.3. The lowest BCUT2D eigenvalue weighted by Gasteiger charge is -2.26. The topological polar surface area (TPSA) is 65.1 Å². The molecule has 0 aliphatic carbocycles. The summed E-state index contributed by atoms with van der Waals surface area (Å²) in [4.78, 5) is 25.2. The SMILES string of the molecule is COC(=O)Cc1ccc(OC(CCN(C)C(=O)OC(C)(C)C)c2ccccc2)cc1. The Bertz CT molecular complexity index is 812. The average Bonchev–Trinajstić information content (AvgIpc) is 2.71. The van der Waals surface area contributed by atoms with Crippen LogP contribution in [-0.4, -0.2) is 43.3 Å². The molecule has 0 fully saturated rings. The second-order valence-corrected chi connectivity index (χ2v) is 8.10. The van der Waals surface area contributed by atoms with Gasteiger partial charge in [-0.1, -0.05) is 42.5 Å². The molecule has 0 aliphatic rings. The van der Waals surface area contributed by atoms with Crippen LogP contribution in [-0.2, 0) is 20.7 Å². The molecule has 6 nitrogen and oxygen atoms in total. The number of carbonyl (C=O) groups excluding carboxylic acids is 2. The minimum atomic E-state index is -0.535. The van der Waals surface area contributed by atoms with E-state index in [4.69, 9.17) is 14.2 Å². The smallest absolute Gasteiger partial charge is 0.410 e. The summed E-state index contributed by atoms with van der Waals surface area (Å²) >= 11 is 0. The number of ether oxygens (including phenoxy) is 3. The Morgan fingerprint density at radius 3 is 2.20 bits per heavy atom. The molecule has 0 aromatic heterocycles. The van der Waals surface area contributed by atoms with Gasteiger partial charge in [0.2, 0.25) is 0 Å². The summed E-state index contributed by atoms with van der Waals surface area (Å²) in [6, 6.07) is 17.3. The van der Waals surface area contributed by atoms with E-state index in [2.05, 4.69) is 0 Å².